The molecule has 5 heteroatoms. The first-order valence-electron chi connectivity index (χ1n) is 7.07. The van der Waals surface area contributed by atoms with Crippen molar-refractivity contribution >= 4 is 9.84 Å². The molecule has 1 saturated heterocycles. The fourth-order valence-electron chi connectivity index (χ4n) is 2.85. The SMILES string of the molecule is CCNC(c1ccc(COC)cc1)C1CCS(=O)(=O)C1. The average molecular weight is 297 g/mol. The lowest BCUT2D eigenvalue weighted by Gasteiger charge is -2.24. The monoisotopic (exact) mass is 297 g/mol. The Balaban J connectivity index is 2.16. The summed E-state index contributed by atoms with van der Waals surface area (Å²) in [5.41, 5.74) is 2.29. The summed E-state index contributed by atoms with van der Waals surface area (Å²) in [5.74, 6) is 0.791. The van der Waals surface area contributed by atoms with Crippen molar-refractivity contribution in [3.05, 3.63) is 35.4 Å². The van der Waals surface area contributed by atoms with E-state index >= 15 is 0 Å². The van der Waals surface area contributed by atoms with Crippen molar-refractivity contribution in [2.45, 2.75) is 26.0 Å². The molecule has 4 nitrogen and oxygen atoms in total. The van der Waals surface area contributed by atoms with E-state index in [0.717, 1.165) is 24.1 Å². The van der Waals surface area contributed by atoms with E-state index in [9.17, 15) is 8.42 Å². The summed E-state index contributed by atoms with van der Waals surface area (Å²) in [6.45, 7) is 3.49. The van der Waals surface area contributed by atoms with E-state index < -0.39 is 9.84 Å². The summed E-state index contributed by atoms with van der Waals surface area (Å²) in [6.07, 6.45) is 0.750. The van der Waals surface area contributed by atoms with Crippen LogP contribution in [-0.4, -0.2) is 33.6 Å². The van der Waals surface area contributed by atoms with Crippen molar-refractivity contribution in [1.82, 2.24) is 5.32 Å². The van der Waals surface area contributed by atoms with E-state index in [2.05, 4.69) is 24.4 Å². The molecule has 0 amide bonds. The molecule has 0 saturated carbocycles. The predicted octanol–water partition coefficient (Wildman–Crippen LogP) is 1.92. The molecule has 0 aromatic heterocycles. The first-order chi connectivity index (χ1) is 9.55. The van der Waals surface area contributed by atoms with Crippen molar-refractivity contribution in [2.75, 3.05) is 25.2 Å². The summed E-state index contributed by atoms with van der Waals surface area (Å²) in [7, 11) is -1.16. The first-order valence-corrected chi connectivity index (χ1v) is 8.89. The van der Waals surface area contributed by atoms with Crippen LogP contribution in [0.15, 0.2) is 24.3 Å². The molecule has 1 aromatic carbocycles. The smallest absolute Gasteiger partial charge is 0.150 e. The fourth-order valence-corrected chi connectivity index (χ4v) is 4.69. The van der Waals surface area contributed by atoms with E-state index in [0.29, 0.717) is 18.1 Å². The van der Waals surface area contributed by atoms with Crippen molar-refractivity contribution < 1.29 is 13.2 Å². The molecular formula is C15H23NO3S. The first kappa shape index (κ1) is 15.5. The molecule has 0 bridgehead atoms. The van der Waals surface area contributed by atoms with Crippen molar-refractivity contribution in [3.8, 4) is 0 Å². The molecule has 0 spiro atoms. The van der Waals surface area contributed by atoms with E-state index in [1.54, 1.807) is 7.11 Å². The lowest BCUT2D eigenvalue weighted by Crippen LogP contribution is -2.29. The van der Waals surface area contributed by atoms with Gasteiger partial charge in [0.05, 0.1) is 18.1 Å². The van der Waals surface area contributed by atoms with E-state index in [1.165, 1.54) is 0 Å². The van der Waals surface area contributed by atoms with Crippen LogP contribution in [-0.2, 0) is 21.2 Å². The topological polar surface area (TPSA) is 55.4 Å². The third-order valence-electron chi connectivity index (χ3n) is 3.81. The van der Waals surface area contributed by atoms with Gasteiger partial charge in [0.25, 0.3) is 0 Å². The third-order valence-corrected chi connectivity index (χ3v) is 5.61. The van der Waals surface area contributed by atoms with Gasteiger partial charge in [-0.15, -0.1) is 0 Å². The van der Waals surface area contributed by atoms with E-state index in [-0.39, 0.29) is 12.0 Å². The number of methoxy groups -OCH3 is 1. The normalized spacial score (nSPS) is 22.8. The van der Waals surface area contributed by atoms with Gasteiger partial charge in [-0.2, -0.15) is 0 Å². The summed E-state index contributed by atoms with van der Waals surface area (Å²) >= 11 is 0. The van der Waals surface area contributed by atoms with Crippen LogP contribution in [0.5, 0.6) is 0 Å². The van der Waals surface area contributed by atoms with Gasteiger partial charge < -0.3 is 10.1 Å². The quantitative estimate of drug-likeness (QED) is 0.871. The van der Waals surface area contributed by atoms with Gasteiger partial charge in [0, 0.05) is 13.2 Å². The van der Waals surface area contributed by atoms with Crippen LogP contribution in [0, 0.1) is 5.92 Å². The van der Waals surface area contributed by atoms with Crippen LogP contribution >= 0.6 is 0 Å². The maximum absolute atomic E-state index is 11.7. The summed E-state index contributed by atoms with van der Waals surface area (Å²) in [6, 6.07) is 8.37. The minimum atomic E-state index is -2.84. The Bertz CT molecular complexity index is 525. The maximum Gasteiger partial charge on any atom is 0.150 e. The molecule has 1 N–H and O–H groups in total. The molecule has 1 fully saturated rings. The van der Waals surface area contributed by atoms with Crippen LogP contribution in [0.3, 0.4) is 0 Å². The molecule has 0 aliphatic carbocycles. The second kappa shape index (κ2) is 6.70. The van der Waals surface area contributed by atoms with E-state index in [1.807, 2.05) is 12.1 Å². The van der Waals surface area contributed by atoms with Crippen LogP contribution in [0.25, 0.3) is 0 Å². The molecule has 2 atom stereocenters. The minimum absolute atomic E-state index is 0.119. The number of hydrogen-bond donors (Lipinski definition) is 1. The Labute approximate surface area is 121 Å². The summed E-state index contributed by atoms with van der Waals surface area (Å²) < 4.78 is 28.5. The molecule has 1 aliphatic rings. The van der Waals surface area contributed by atoms with Crippen LogP contribution in [0.4, 0.5) is 0 Å². The van der Waals surface area contributed by atoms with Crippen LogP contribution in [0.2, 0.25) is 0 Å². The van der Waals surface area contributed by atoms with Gasteiger partial charge in [-0.05, 0) is 30.0 Å². The maximum atomic E-state index is 11.7. The van der Waals surface area contributed by atoms with Gasteiger partial charge in [0.15, 0.2) is 9.84 Å². The van der Waals surface area contributed by atoms with Gasteiger partial charge in [-0.25, -0.2) is 8.42 Å². The Morgan fingerprint density at radius 1 is 1.35 bits per heavy atom. The Hall–Kier alpha value is -0.910. The van der Waals surface area contributed by atoms with Gasteiger partial charge >= 0.3 is 0 Å². The molecule has 112 valence electrons. The zero-order chi connectivity index (χ0) is 14.6. The molecule has 2 unspecified atom stereocenters. The number of hydrogen-bond acceptors (Lipinski definition) is 4. The average Bonchev–Trinajstić information content (AvgIpc) is 2.78. The van der Waals surface area contributed by atoms with Crippen molar-refractivity contribution in [3.63, 3.8) is 0 Å². The highest BCUT2D eigenvalue weighted by atomic mass is 32.2. The largest absolute Gasteiger partial charge is 0.380 e. The van der Waals surface area contributed by atoms with Crippen molar-refractivity contribution in [1.29, 1.82) is 0 Å². The Morgan fingerprint density at radius 2 is 2.05 bits per heavy atom. The Kier molecular flexibility index (Phi) is 5.18. The number of rotatable bonds is 6. The van der Waals surface area contributed by atoms with Crippen molar-refractivity contribution in [2.24, 2.45) is 5.92 Å². The Morgan fingerprint density at radius 3 is 2.55 bits per heavy atom. The summed E-state index contributed by atoms with van der Waals surface area (Å²) in [4.78, 5) is 0. The number of ether oxygens (including phenoxy) is 1. The second-order valence-electron chi connectivity index (χ2n) is 5.37. The third kappa shape index (κ3) is 3.81. The minimum Gasteiger partial charge on any atom is -0.380 e. The molecule has 1 aliphatic heterocycles. The fraction of sp³-hybridized carbons (Fsp3) is 0.600. The van der Waals surface area contributed by atoms with Gasteiger partial charge in [-0.1, -0.05) is 31.2 Å². The highest BCUT2D eigenvalue weighted by Crippen LogP contribution is 2.31. The van der Waals surface area contributed by atoms with E-state index in [4.69, 9.17) is 4.74 Å². The van der Waals surface area contributed by atoms with Crippen LogP contribution in [0.1, 0.15) is 30.5 Å². The van der Waals surface area contributed by atoms with Gasteiger partial charge in [-0.3, -0.25) is 0 Å². The lowest BCUT2D eigenvalue weighted by molar-refractivity contribution is 0.185. The van der Waals surface area contributed by atoms with Crippen LogP contribution < -0.4 is 5.32 Å². The molecule has 20 heavy (non-hydrogen) atoms. The lowest BCUT2D eigenvalue weighted by atomic mass is 9.92. The highest BCUT2D eigenvalue weighted by Gasteiger charge is 2.33. The van der Waals surface area contributed by atoms with Gasteiger partial charge in [0.2, 0.25) is 0 Å². The number of nitrogens with one attached hydrogen (secondary N) is 1. The zero-order valence-electron chi connectivity index (χ0n) is 12.1. The zero-order valence-corrected chi connectivity index (χ0v) is 12.9. The molecule has 1 heterocycles. The second-order valence-corrected chi connectivity index (χ2v) is 7.60. The molecule has 2 rings (SSSR count). The standard InChI is InChI=1S/C15H23NO3S/c1-3-16-15(14-8-9-20(17,18)11-14)13-6-4-12(5-7-13)10-19-2/h4-7,14-16H,3,8-11H2,1-2H3. The predicted molar refractivity (Wildman–Crippen MR) is 80.3 cm³/mol. The molecular weight excluding hydrogens is 274 g/mol. The molecule has 0 radical (unpaired) electrons. The number of sulfone groups is 1. The number of benzene rings is 1. The molecule has 1 aromatic rings. The van der Waals surface area contributed by atoms with Gasteiger partial charge in [0.1, 0.15) is 0 Å². The summed E-state index contributed by atoms with van der Waals surface area (Å²) in [5, 5.41) is 3.43. The highest BCUT2D eigenvalue weighted by molar-refractivity contribution is 7.91.